The monoisotopic (exact) mass is 268 g/mol. The van der Waals surface area contributed by atoms with Gasteiger partial charge in [-0.15, -0.1) is 0 Å². The lowest BCUT2D eigenvalue weighted by Gasteiger charge is -2.36. The van der Waals surface area contributed by atoms with Crippen LogP contribution in [-0.2, 0) is 9.59 Å². The Kier molecular flexibility index (Phi) is 5.39. The number of carbonyl (C=O) groups excluding carboxylic acids is 2. The third kappa shape index (κ3) is 4.51. The minimum Gasteiger partial charge on any atom is -0.347 e. The zero-order valence-electron chi connectivity index (χ0n) is 13.0. The molecule has 4 heteroatoms. The molecule has 0 spiro atoms. The van der Waals surface area contributed by atoms with Crippen LogP contribution in [0.15, 0.2) is 0 Å². The van der Waals surface area contributed by atoms with Crippen LogP contribution in [0.2, 0.25) is 0 Å². The van der Waals surface area contributed by atoms with Gasteiger partial charge < -0.3 is 10.2 Å². The van der Waals surface area contributed by atoms with Crippen LogP contribution in [0, 0.1) is 11.3 Å². The summed E-state index contributed by atoms with van der Waals surface area (Å²) in [5.41, 5.74) is -0.447. The SMILES string of the molecule is CC1CCCCC1N(C)C(=O)CNC(=O)C(C)(C)C. The van der Waals surface area contributed by atoms with Gasteiger partial charge in [0.15, 0.2) is 0 Å². The van der Waals surface area contributed by atoms with Crippen LogP contribution < -0.4 is 5.32 Å². The van der Waals surface area contributed by atoms with E-state index in [2.05, 4.69) is 12.2 Å². The van der Waals surface area contributed by atoms with Crippen LogP contribution in [-0.4, -0.2) is 36.3 Å². The fourth-order valence-electron chi connectivity index (χ4n) is 2.60. The number of amides is 2. The fraction of sp³-hybridized carbons (Fsp3) is 0.867. The van der Waals surface area contributed by atoms with Crippen molar-refractivity contribution in [2.75, 3.05) is 13.6 Å². The maximum Gasteiger partial charge on any atom is 0.241 e. The minimum absolute atomic E-state index is 0.0105. The van der Waals surface area contributed by atoms with Crippen molar-refractivity contribution in [3.63, 3.8) is 0 Å². The highest BCUT2D eigenvalue weighted by Gasteiger charge is 2.28. The molecule has 2 unspecified atom stereocenters. The Labute approximate surface area is 116 Å². The Morgan fingerprint density at radius 1 is 1.21 bits per heavy atom. The number of rotatable bonds is 3. The molecule has 1 saturated carbocycles. The molecule has 0 aromatic heterocycles. The molecule has 19 heavy (non-hydrogen) atoms. The molecule has 1 aliphatic rings. The van der Waals surface area contributed by atoms with E-state index in [9.17, 15) is 9.59 Å². The molecule has 0 bridgehead atoms. The molecule has 0 heterocycles. The Morgan fingerprint density at radius 2 is 1.79 bits per heavy atom. The number of nitrogens with zero attached hydrogens (tertiary/aromatic N) is 1. The van der Waals surface area contributed by atoms with E-state index in [-0.39, 0.29) is 18.4 Å². The third-order valence-corrected chi connectivity index (χ3v) is 4.04. The molecule has 1 rings (SSSR count). The number of hydrogen-bond acceptors (Lipinski definition) is 2. The largest absolute Gasteiger partial charge is 0.347 e. The Morgan fingerprint density at radius 3 is 2.32 bits per heavy atom. The molecule has 1 N–H and O–H groups in total. The van der Waals surface area contributed by atoms with Crippen molar-refractivity contribution in [1.82, 2.24) is 10.2 Å². The van der Waals surface area contributed by atoms with E-state index < -0.39 is 5.41 Å². The predicted molar refractivity (Wildman–Crippen MR) is 76.7 cm³/mol. The van der Waals surface area contributed by atoms with Gasteiger partial charge in [0, 0.05) is 18.5 Å². The van der Waals surface area contributed by atoms with Gasteiger partial charge in [0.2, 0.25) is 11.8 Å². The zero-order chi connectivity index (χ0) is 14.6. The van der Waals surface area contributed by atoms with Crippen LogP contribution in [0.4, 0.5) is 0 Å². The van der Waals surface area contributed by atoms with Crippen molar-refractivity contribution in [1.29, 1.82) is 0 Å². The number of nitrogens with one attached hydrogen (secondary N) is 1. The first kappa shape index (κ1) is 16.0. The van der Waals surface area contributed by atoms with Gasteiger partial charge in [-0.05, 0) is 18.8 Å². The molecule has 110 valence electrons. The van der Waals surface area contributed by atoms with Gasteiger partial charge in [0.1, 0.15) is 0 Å². The number of likely N-dealkylation sites (N-methyl/N-ethyl adjacent to an activating group) is 1. The highest BCUT2D eigenvalue weighted by atomic mass is 16.2. The van der Waals surface area contributed by atoms with Gasteiger partial charge in [0.05, 0.1) is 6.54 Å². The molecule has 1 fully saturated rings. The summed E-state index contributed by atoms with van der Waals surface area (Å²) in [6.45, 7) is 7.86. The minimum atomic E-state index is -0.447. The topological polar surface area (TPSA) is 49.4 Å². The first-order valence-electron chi connectivity index (χ1n) is 7.27. The van der Waals surface area contributed by atoms with Crippen LogP contribution in [0.5, 0.6) is 0 Å². The van der Waals surface area contributed by atoms with Crippen LogP contribution in [0.1, 0.15) is 53.4 Å². The summed E-state index contributed by atoms with van der Waals surface area (Å²) in [4.78, 5) is 25.7. The van der Waals surface area contributed by atoms with Gasteiger partial charge in [-0.3, -0.25) is 9.59 Å². The Bertz CT molecular complexity index is 334. The maximum atomic E-state index is 12.1. The molecule has 0 radical (unpaired) electrons. The Balaban J connectivity index is 2.46. The highest BCUT2D eigenvalue weighted by Crippen LogP contribution is 2.27. The Hall–Kier alpha value is -1.06. The van der Waals surface area contributed by atoms with Gasteiger partial charge in [0.25, 0.3) is 0 Å². The summed E-state index contributed by atoms with van der Waals surface area (Å²) in [6.07, 6.45) is 4.73. The van der Waals surface area contributed by atoms with E-state index in [1.165, 1.54) is 19.3 Å². The summed E-state index contributed by atoms with van der Waals surface area (Å²) in [5, 5.41) is 2.73. The molecule has 0 aromatic rings. The molecule has 0 aliphatic heterocycles. The lowest BCUT2D eigenvalue weighted by atomic mass is 9.85. The quantitative estimate of drug-likeness (QED) is 0.853. The van der Waals surface area contributed by atoms with E-state index in [4.69, 9.17) is 0 Å². The molecule has 0 saturated heterocycles. The fourth-order valence-corrected chi connectivity index (χ4v) is 2.60. The second-order valence-electron chi connectivity index (χ2n) is 6.77. The summed E-state index contributed by atoms with van der Waals surface area (Å²) in [6, 6.07) is 0.327. The summed E-state index contributed by atoms with van der Waals surface area (Å²) < 4.78 is 0. The molecule has 1 aliphatic carbocycles. The van der Waals surface area contributed by atoms with E-state index in [1.807, 2.05) is 32.7 Å². The maximum absolute atomic E-state index is 12.1. The van der Waals surface area contributed by atoms with Gasteiger partial charge >= 0.3 is 0 Å². The van der Waals surface area contributed by atoms with Gasteiger partial charge in [-0.1, -0.05) is 40.5 Å². The zero-order valence-corrected chi connectivity index (χ0v) is 13.0. The van der Waals surface area contributed by atoms with E-state index >= 15 is 0 Å². The van der Waals surface area contributed by atoms with Crippen molar-refractivity contribution in [3.8, 4) is 0 Å². The second kappa shape index (κ2) is 6.40. The van der Waals surface area contributed by atoms with Gasteiger partial charge in [-0.25, -0.2) is 0 Å². The highest BCUT2D eigenvalue weighted by molar-refractivity contribution is 5.87. The van der Waals surface area contributed by atoms with Crippen molar-refractivity contribution >= 4 is 11.8 Å². The molecule has 4 nitrogen and oxygen atoms in total. The standard InChI is InChI=1S/C15H28N2O2/c1-11-8-6-7-9-12(11)17(5)13(18)10-16-14(19)15(2,3)4/h11-12H,6-10H2,1-5H3,(H,16,19). The van der Waals surface area contributed by atoms with Crippen molar-refractivity contribution < 1.29 is 9.59 Å². The van der Waals surface area contributed by atoms with E-state index in [1.54, 1.807) is 0 Å². The first-order valence-corrected chi connectivity index (χ1v) is 7.27. The van der Waals surface area contributed by atoms with Crippen molar-refractivity contribution in [2.24, 2.45) is 11.3 Å². The van der Waals surface area contributed by atoms with Crippen molar-refractivity contribution in [2.45, 2.75) is 59.4 Å². The van der Waals surface area contributed by atoms with E-state index in [0.717, 1.165) is 6.42 Å². The van der Waals surface area contributed by atoms with Crippen LogP contribution in [0.3, 0.4) is 0 Å². The molecule has 2 amide bonds. The molecule has 0 aromatic carbocycles. The van der Waals surface area contributed by atoms with Crippen LogP contribution >= 0.6 is 0 Å². The first-order chi connectivity index (χ1) is 8.73. The average Bonchev–Trinajstić information content (AvgIpc) is 2.34. The van der Waals surface area contributed by atoms with E-state index in [0.29, 0.717) is 12.0 Å². The molecular weight excluding hydrogens is 240 g/mol. The normalized spacial score (nSPS) is 23.8. The van der Waals surface area contributed by atoms with Crippen LogP contribution in [0.25, 0.3) is 0 Å². The van der Waals surface area contributed by atoms with Gasteiger partial charge in [-0.2, -0.15) is 0 Å². The average molecular weight is 268 g/mol. The lowest BCUT2D eigenvalue weighted by Crippen LogP contribution is -2.48. The number of hydrogen-bond donors (Lipinski definition) is 1. The molecular formula is C15H28N2O2. The van der Waals surface area contributed by atoms with Crippen molar-refractivity contribution in [3.05, 3.63) is 0 Å². The number of carbonyl (C=O) groups is 2. The second-order valence-corrected chi connectivity index (χ2v) is 6.77. The smallest absolute Gasteiger partial charge is 0.241 e. The predicted octanol–water partition coefficient (Wildman–Crippen LogP) is 2.19. The third-order valence-electron chi connectivity index (χ3n) is 4.04. The summed E-state index contributed by atoms with van der Waals surface area (Å²) in [7, 11) is 1.86. The summed E-state index contributed by atoms with van der Waals surface area (Å²) in [5.74, 6) is 0.489. The lowest BCUT2D eigenvalue weighted by molar-refractivity contribution is -0.136. The summed E-state index contributed by atoms with van der Waals surface area (Å²) >= 11 is 0. The molecule has 2 atom stereocenters.